The van der Waals surface area contributed by atoms with Gasteiger partial charge >= 0.3 is 6.09 Å². The van der Waals surface area contributed by atoms with Crippen molar-refractivity contribution in [2.75, 3.05) is 11.9 Å². The number of alkyl carbamates (subject to hydrolysis) is 1. The Morgan fingerprint density at radius 1 is 1.00 bits per heavy atom. The molecule has 3 rings (SSSR count). The first-order valence-electron chi connectivity index (χ1n) is 10.2. The SMILES string of the molecule is CC(C)(C)NC(=O)OCC(c1ccc(NC(=O)c2ccccc2I)cc1)c1ccccn1. The van der Waals surface area contributed by atoms with E-state index in [9.17, 15) is 9.59 Å². The molecule has 0 aliphatic carbocycles. The Morgan fingerprint density at radius 2 is 1.69 bits per heavy atom. The van der Waals surface area contributed by atoms with Crippen molar-refractivity contribution in [1.82, 2.24) is 10.3 Å². The zero-order valence-electron chi connectivity index (χ0n) is 18.3. The Labute approximate surface area is 201 Å². The van der Waals surface area contributed by atoms with Crippen molar-refractivity contribution in [3.63, 3.8) is 0 Å². The molecule has 0 bridgehead atoms. The number of carbonyl (C=O) groups is 2. The lowest BCUT2D eigenvalue weighted by molar-refractivity contribution is 0.102. The fourth-order valence-corrected chi connectivity index (χ4v) is 3.71. The largest absolute Gasteiger partial charge is 0.448 e. The van der Waals surface area contributed by atoms with Crippen molar-refractivity contribution >= 4 is 40.3 Å². The van der Waals surface area contributed by atoms with E-state index in [1.165, 1.54) is 0 Å². The van der Waals surface area contributed by atoms with E-state index in [-0.39, 0.29) is 24.0 Å². The van der Waals surface area contributed by atoms with Gasteiger partial charge in [-0.1, -0.05) is 30.3 Å². The fraction of sp³-hybridized carbons (Fsp3) is 0.240. The highest BCUT2D eigenvalue weighted by Gasteiger charge is 2.20. The van der Waals surface area contributed by atoms with Crippen LogP contribution in [0.15, 0.2) is 72.9 Å². The van der Waals surface area contributed by atoms with Gasteiger partial charge in [0.15, 0.2) is 0 Å². The molecule has 0 fully saturated rings. The molecule has 7 heteroatoms. The van der Waals surface area contributed by atoms with Gasteiger partial charge in [-0.25, -0.2) is 4.79 Å². The summed E-state index contributed by atoms with van der Waals surface area (Å²) < 4.78 is 6.38. The van der Waals surface area contributed by atoms with Crippen LogP contribution >= 0.6 is 22.6 Å². The molecule has 2 N–H and O–H groups in total. The highest BCUT2D eigenvalue weighted by atomic mass is 127. The van der Waals surface area contributed by atoms with E-state index < -0.39 is 6.09 Å². The number of carbonyl (C=O) groups excluding carboxylic acids is 2. The molecule has 2 aromatic carbocycles. The van der Waals surface area contributed by atoms with E-state index in [4.69, 9.17) is 4.74 Å². The van der Waals surface area contributed by atoms with Crippen LogP contribution in [-0.4, -0.2) is 29.1 Å². The molecule has 1 aromatic heterocycles. The molecule has 3 aromatic rings. The van der Waals surface area contributed by atoms with Gasteiger partial charge in [0.1, 0.15) is 6.61 Å². The van der Waals surface area contributed by atoms with Crippen LogP contribution in [0.4, 0.5) is 10.5 Å². The van der Waals surface area contributed by atoms with E-state index in [1.807, 2.05) is 81.4 Å². The van der Waals surface area contributed by atoms with Crippen molar-refractivity contribution in [2.24, 2.45) is 0 Å². The maximum Gasteiger partial charge on any atom is 0.407 e. The molecule has 1 heterocycles. The molecule has 166 valence electrons. The molecule has 1 unspecified atom stereocenters. The van der Waals surface area contributed by atoms with Crippen molar-refractivity contribution < 1.29 is 14.3 Å². The lowest BCUT2D eigenvalue weighted by atomic mass is 9.95. The summed E-state index contributed by atoms with van der Waals surface area (Å²) in [6.07, 6.45) is 1.24. The van der Waals surface area contributed by atoms with Gasteiger partial charge in [0, 0.05) is 21.0 Å². The summed E-state index contributed by atoms with van der Waals surface area (Å²) in [4.78, 5) is 29.2. The summed E-state index contributed by atoms with van der Waals surface area (Å²) in [7, 11) is 0. The Balaban J connectivity index is 1.75. The predicted molar refractivity (Wildman–Crippen MR) is 134 cm³/mol. The number of rotatable bonds is 6. The van der Waals surface area contributed by atoms with Gasteiger partial charge in [0.25, 0.3) is 5.91 Å². The Morgan fingerprint density at radius 3 is 2.31 bits per heavy atom. The van der Waals surface area contributed by atoms with Crippen LogP contribution in [0.5, 0.6) is 0 Å². The third-order valence-electron chi connectivity index (χ3n) is 4.59. The Kier molecular flexibility index (Phi) is 7.84. The first kappa shape index (κ1) is 23.7. The number of nitrogens with one attached hydrogen (secondary N) is 2. The lowest BCUT2D eigenvalue weighted by Crippen LogP contribution is -2.41. The summed E-state index contributed by atoms with van der Waals surface area (Å²) in [6, 6.07) is 20.6. The predicted octanol–water partition coefficient (Wildman–Crippen LogP) is 5.60. The zero-order chi connectivity index (χ0) is 23.1. The maximum atomic E-state index is 12.6. The quantitative estimate of drug-likeness (QED) is 0.397. The Hall–Kier alpha value is -2.94. The minimum atomic E-state index is -0.472. The van der Waals surface area contributed by atoms with Crippen LogP contribution in [-0.2, 0) is 4.74 Å². The van der Waals surface area contributed by atoms with Crippen LogP contribution in [0.2, 0.25) is 0 Å². The van der Waals surface area contributed by atoms with E-state index >= 15 is 0 Å². The van der Waals surface area contributed by atoms with E-state index in [0.29, 0.717) is 11.3 Å². The molecule has 0 aliphatic rings. The summed E-state index contributed by atoms with van der Waals surface area (Å²) in [6.45, 7) is 5.84. The molecular weight excluding hydrogens is 517 g/mol. The Bertz CT molecular complexity index is 1060. The minimum Gasteiger partial charge on any atom is -0.448 e. The van der Waals surface area contributed by atoms with Gasteiger partial charge in [-0.05, 0) is 85.3 Å². The van der Waals surface area contributed by atoms with Crippen LogP contribution in [0.3, 0.4) is 0 Å². The third kappa shape index (κ3) is 6.78. The summed E-state index contributed by atoms with van der Waals surface area (Å²) in [5, 5.41) is 5.72. The maximum absolute atomic E-state index is 12.6. The van der Waals surface area contributed by atoms with Crippen LogP contribution in [0, 0.1) is 3.57 Å². The molecule has 2 amide bonds. The van der Waals surface area contributed by atoms with E-state index in [2.05, 4.69) is 38.2 Å². The van der Waals surface area contributed by atoms with Gasteiger partial charge < -0.3 is 15.4 Å². The number of benzene rings is 2. The van der Waals surface area contributed by atoms with Crippen molar-refractivity contribution in [3.05, 3.63) is 93.3 Å². The number of anilines is 1. The number of halogens is 1. The van der Waals surface area contributed by atoms with Gasteiger partial charge in [0.05, 0.1) is 17.2 Å². The second-order valence-electron chi connectivity index (χ2n) is 8.34. The molecule has 0 saturated carbocycles. The highest BCUT2D eigenvalue weighted by Crippen LogP contribution is 2.25. The number of pyridine rings is 1. The fourth-order valence-electron chi connectivity index (χ4n) is 3.08. The molecule has 0 aliphatic heterocycles. The van der Waals surface area contributed by atoms with Crippen molar-refractivity contribution in [1.29, 1.82) is 0 Å². The average Bonchev–Trinajstić information content (AvgIpc) is 2.75. The first-order chi connectivity index (χ1) is 15.2. The lowest BCUT2D eigenvalue weighted by Gasteiger charge is -2.22. The van der Waals surface area contributed by atoms with Crippen LogP contribution < -0.4 is 10.6 Å². The zero-order valence-corrected chi connectivity index (χ0v) is 20.4. The molecule has 1 atom stereocenters. The molecule has 32 heavy (non-hydrogen) atoms. The smallest absolute Gasteiger partial charge is 0.407 e. The molecular formula is C25H26IN3O3. The van der Waals surface area contributed by atoms with Gasteiger partial charge in [-0.15, -0.1) is 0 Å². The van der Waals surface area contributed by atoms with E-state index in [1.54, 1.807) is 12.3 Å². The van der Waals surface area contributed by atoms with Gasteiger partial charge in [0.2, 0.25) is 0 Å². The number of hydrogen-bond acceptors (Lipinski definition) is 4. The minimum absolute atomic E-state index is 0.146. The number of ether oxygens (including phenoxy) is 1. The number of hydrogen-bond donors (Lipinski definition) is 2. The van der Waals surface area contributed by atoms with Crippen LogP contribution in [0.1, 0.15) is 48.3 Å². The van der Waals surface area contributed by atoms with Crippen LogP contribution in [0.25, 0.3) is 0 Å². The number of nitrogens with zero attached hydrogens (tertiary/aromatic N) is 1. The summed E-state index contributed by atoms with van der Waals surface area (Å²) in [5.74, 6) is -0.395. The second-order valence-corrected chi connectivity index (χ2v) is 9.50. The van der Waals surface area contributed by atoms with Gasteiger partial charge in [-0.2, -0.15) is 0 Å². The second kappa shape index (κ2) is 10.6. The van der Waals surface area contributed by atoms with Crippen molar-refractivity contribution in [3.8, 4) is 0 Å². The average molecular weight is 543 g/mol. The summed E-state index contributed by atoms with van der Waals surface area (Å²) >= 11 is 2.15. The first-order valence-corrected chi connectivity index (χ1v) is 11.3. The highest BCUT2D eigenvalue weighted by molar-refractivity contribution is 14.1. The van der Waals surface area contributed by atoms with Crippen molar-refractivity contribution in [2.45, 2.75) is 32.2 Å². The monoisotopic (exact) mass is 543 g/mol. The molecule has 6 nitrogen and oxygen atoms in total. The molecule has 0 saturated heterocycles. The summed E-state index contributed by atoms with van der Waals surface area (Å²) in [5.41, 5.74) is 2.66. The number of amides is 2. The van der Waals surface area contributed by atoms with Gasteiger partial charge in [-0.3, -0.25) is 9.78 Å². The third-order valence-corrected chi connectivity index (χ3v) is 5.53. The topological polar surface area (TPSA) is 80.3 Å². The van der Waals surface area contributed by atoms with E-state index in [0.717, 1.165) is 14.8 Å². The molecule has 0 radical (unpaired) electrons. The number of aromatic nitrogens is 1. The standard InChI is InChI=1S/C25H26IN3O3/c1-25(2,3)29-24(31)32-16-20(22-10-6-7-15-27-22)17-11-13-18(14-12-17)28-23(30)19-8-4-5-9-21(19)26/h4-15,20H,16H2,1-3H3,(H,28,30)(H,29,31). The molecule has 0 spiro atoms. The normalized spacial score (nSPS) is 12.0.